The van der Waals surface area contributed by atoms with Crippen molar-refractivity contribution in [2.45, 2.75) is 52.4 Å². The van der Waals surface area contributed by atoms with Gasteiger partial charge in [0.05, 0.1) is 24.8 Å². The quantitative estimate of drug-likeness (QED) is 0.203. The molecule has 0 amide bonds. The molecule has 1 aliphatic heterocycles. The first kappa shape index (κ1) is 30.2. The van der Waals surface area contributed by atoms with Crippen molar-refractivity contribution in [3.8, 4) is 28.4 Å². The molecule has 0 aliphatic carbocycles. The van der Waals surface area contributed by atoms with Gasteiger partial charge < -0.3 is 19.0 Å². The molecule has 1 N–H and O–H groups in total. The van der Waals surface area contributed by atoms with Crippen LogP contribution in [0.5, 0.6) is 17.2 Å². The second kappa shape index (κ2) is 11.3. The minimum absolute atomic E-state index is 0.0727. The van der Waals surface area contributed by atoms with Gasteiger partial charge in [-0.1, -0.05) is 18.2 Å². The average Bonchev–Trinajstić information content (AvgIpc) is 2.86. The lowest BCUT2D eigenvalue weighted by atomic mass is 9.85. The summed E-state index contributed by atoms with van der Waals surface area (Å²) in [4.78, 5) is 0. The normalized spacial score (nSPS) is 14.5. The van der Waals surface area contributed by atoms with Crippen molar-refractivity contribution in [1.29, 1.82) is 0 Å². The molecule has 4 rings (SSSR count). The van der Waals surface area contributed by atoms with E-state index in [0.29, 0.717) is 16.9 Å². The summed E-state index contributed by atoms with van der Waals surface area (Å²) in [6.45, 7) is 7.97. The second-order valence-corrected chi connectivity index (χ2v) is 12.1. The number of nitrogens with one attached hydrogen (secondary N) is 1. The lowest BCUT2D eigenvalue weighted by Crippen LogP contribution is -2.32. The molecule has 3 aromatic carbocycles. The fourth-order valence-corrected chi connectivity index (χ4v) is 5.82. The highest BCUT2D eigenvalue weighted by molar-refractivity contribution is 7.87. The smallest absolute Gasteiger partial charge is 0.390 e. The number of fused-ring (bicyclic) bond motifs is 1. The Bertz CT molecular complexity index is 1600. The van der Waals surface area contributed by atoms with Crippen molar-refractivity contribution in [3.05, 3.63) is 77.1 Å². The summed E-state index contributed by atoms with van der Waals surface area (Å²) in [5.41, 5.74) is 5.27. The van der Waals surface area contributed by atoms with Gasteiger partial charge in [-0.15, -0.1) is 0 Å². The zero-order chi connectivity index (χ0) is 30.2. The molecule has 0 spiro atoms. The van der Waals surface area contributed by atoms with Gasteiger partial charge in [-0.2, -0.15) is 21.6 Å². The van der Waals surface area contributed by atoms with Gasteiger partial charge in [-0.25, -0.2) is 4.39 Å². The maximum absolute atomic E-state index is 14.0. The fraction of sp³-hybridized carbons (Fsp3) is 0.333. The molecular formula is C30H31F4NO5S. The summed E-state index contributed by atoms with van der Waals surface area (Å²) in [7, 11) is -3.11. The second-order valence-electron chi connectivity index (χ2n) is 10.5. The lowest BCUT2D eigenvalue weighted by Gasteiger charge is -2.33. The first-order chi connectivity index (χ1) is 19.1. The molecule has 0 atom stereocenters. The molecule has 11 heteroatoms. The van der Waals surface area contributed by atoms with Gasteiger partial charge in [0.25, 0.3) is 0 Å². The number of hydrogen-bond donors (Lipinski definition) is 1. The van der Waals surface area contributed by atoms with Gasteiger partial charge in [0.1, 0.15) is 29.7 Å². The van der Waals surface area contributed by atoms with Crippen molar-refractivity contribution in [3.63, 3.8) is 0 Å². The Morgan fingerprint density at radius 2 is 1.66 bits per heavy atom. The zero-order valence-electron chi connectivity index (χ0n) is 23.3. The predicted octanol–water partition coefficient (Wildman–Crippen LogP) is 7.66. The van der Waals surface area contributed by atoms with Crippen LogP contribution in [0.15, 0.2) is 54.6 Å². The molecule has 0 saturated heterocycles. The van der Waals surface area contributed by atoms with Crippen LogP contribution in [0.4, 0.5) is 23.2 Å². The van der Waals surface area contributed by atoms with Gasteiger partial charge in [0.2, 0.25) is 0 Å². The van der Waals surface area contributed by atoms with Crippen LogP contribution in [0, 0.1) is 12.7 Å². The number of halogens is 4. The molecule has 220 valence electrons. The SMILES string of the molecule is COc1cc(OS(=O)(=O)CCC(F)(F)F)ccc1-c1ccc2c(c1COc1cc(F)ccc1C)C(C)=CC(C)(C)N2. The highest BCUT2D eigenvalue weighted by Gasteiger charge is 2.31. The van der Waals surface area contributed by atoms with E-state index in [0.717, 1.165) is 28.0 Å². The molecule has 1 heterocycles. The number of methoxy groups -OCH3 is 1. The van der Waals surface area contributed by atoms with E-state index in [4.69, 9.17) is 13.7 Å². The number of rotatable bonds is 9. The van der Waals surface area contributed by atoms with Crippen LogP contribution in [-0.2, 0) is 16.7 Å². The number of hydrogen-bond acceptors (Lipinski definition) is 6. The third-order valence-corrected chi connectivity index (χ3v) is 7.74. The lowest BCUT2D eigenvalue weighted by molar-refractivity contribution is -0.130. The van der Waals surface area contributed by atoms with Gasteiger partial charge in [0, 0.05) is 34.5 Å². The molecule has 6 nitrogen and oxygen atoms in total. The minimum Gasteiger partial charge on any atom is -0.496 e. The number of aryl methyl sites for hydroxylation is 1. The molecule has 0 aromatic heterocycles. The number of alkyl halides is 3. The van der Waals surface area contributed by atoms with Crippen LogP contribution in [-0.4, -0.2) is 33.0 Å². The molecule has 0 radical (unpaired) electrons. The molecular weight excluding hydrogens is 562 g/mol. The fourth-order valence-electron chi connectivity index (χ4n) is 4.86. The van der Waals surface area contributed by atoms with E-state index < -0.39 is 34.3 Å². The zero-order valence-corrected chi connectivity index (χ0v) is 24.1. The van der Waals surface area contributed by atoms with Crippen molar-refractivity contribution >= 4 is 21.4 Å². The summed E-state index contributed by atoms with van der Waals surface area (Å²) in [5.74, 6) is -1.19. The van der Waals surface area contributed by atoms with E-state index in [2.05, 4.69) is 11.4 Å². The van der Waals surface area contributed by atoms with Crippen molar-refractivity contribution < 1.29 is 39.6 Å². The number of ether oxygens (including phenoxy) is 2. The van der Waals surface area contributed by atoms with E-state index >= 15 is 0 Å². The molecule has 0 bridgehead atoms. The molecule has 0 fully saturated rings. The maximum atomic E-state index is 14.0. The summed E-state index contributed by atoms with van der Waals surface area (Å²) < 4.78 is 92.5. The van der Waals surface area contributed by atoms with E-state index in [-0.39, 0.29) is 23.6 Å². The Hall–Kier alpha value is -3.73. The van der Waals surface area contributed by atoms with Crippen molar-refractivity contribution in [2.75, 3.05) is 18.2 Å². The van der Waals surface area contributed by atoms with Crippen LogP contribution >= 0.6 is 0 Å². The molecule has 0 saturated carbocycles. The maximum Gasteiger partial charge on any atom is 0.390 e. The Balaban J connectivity index is 1.77. The third kappa shape index (κ3) is 7.32. The number of allylic oxidation sites excluding steroid dienone is 1. The van der Waals surface area contributed by atoms with Crippen LogP contribution in [0.25, 0.3) is 16.7 Å². The van der Waals surface area contributed by atoms with Gasteiger partial charge in [-0.05, 0) is 68.7 Å². The Kier molecular flexibility index (Phi) is 8.31. The van der Waals surface area contributed by atoms with E-state index in [1.807, 2.05) is 39.8 Å². The van der Waals surface area contributed by atoms with E-state index in [1.54, 1.807) is 12.1 Å². The summed E-state index contributed by atoms with van der Waals surface area (Å²) >= 11 is 0. The van der Waals surface area contributed by atoms with E-state index in [1.165, 1.54) is 31.4 Å². The monoisotopic (exact) mass is 593 g/mol. The molecule has 3 aromatic rings. The number of benzene rings is 3. The van der Waals surface area contributed by atoms with Gasteiger partial charge in [0.15, 0.2) is 0 Å². The molecule has 1 aliphatic rings. The van der Waals surface area contributed by atoms with Crippen LogP contribution < -0.4 is 19.0 Å². The van der Waals surface area contributed by atoms with Crippen molar-refractivity contribution in [2.24, 2.45) is 0 Å². The van der Waals surface area contributed by atoms with Crippen LogP contribution in [0.2, 0.25) is 0 Å². The van der Waals surface area contributed by atoms with Crippen LogP contribution in [0.1, 0.15) is 43.9 Å². The summed E-state index contributed by atoms with van der Waals surface area (Å²) in [6, 6.07) is 12.3. The average molecular weight is 594 g/mol. The Morgan fingerprint density at radius 1 is 0.951 bits per heavy atom. The van der Waals surface area contributed by atoms with Gasteiger partial charge in [-0.3, -0.25) is 0 Å². The summed E-state index contributed by atoms with van der Waals surface area (Å²) in [5, 5.41) is 3.50. The third-order valence-electron chi connectivity index (χ3n) is 6.59. The highest BCUT2D eigenvalue weighted by Crippen LogP contribution is 2.43. The first-order valence-corrected chi connectivity index (χ1v) is 14.4. The van der Waals surface area contributed by atoms with Gasteiger partial charge >= 0.3 is 16.3 Å². The summed E-state index contributed by atoms with van der Waals surface area (Å²) in [6.07, 6.45) is -4.06. The highest BCUT2D eigenvalue weighted by atomic mass is 32.2. The molecule has 41 heavy (non-hydrogen) atoms. The Labute approximate surface area is 237 Å². The standard InChI is InChI=1S/C30H31F4NO5S/c1-18-6-7-20(31)14-26(18)39-17-24-22(10-11-25-28(24)19(2)16-29(3,4)35-25)23-9-8-21(15-27(23)38-5)40-41(36,37)13-12-30(32,33)34/h6-11,14-16,35H,12-13,17H2,1-5H3. The first-order valence-electron chi connectivity index (χ1n) is 12.8. The topological polar surface area (TPSA) is 73.9 Å². The number of anilines is 1. The van der Waals surface area contributed by atoms with Crippen LogP contribution in [0.3, 0.4) is 0 Å². The van der Waals surface area contributed by atoms with E-state index in [9.17, 15) is 26.0 Å². The Morgan fingerprint density at radius 3 is 2.34 bits per heavy atom. The van der Waals surface area contributed by atoms with Crippen molar-refractivity contribution in [1.82, 2.24) is 0 Å². The predicted molar refractivity (Wildman–Crippen MR) is 150 cm³/mol. The minimum atomic E-state index is -4.64. The largest absolute Gasteiger partial charge is 0.496 e. The molecule has 0 unspecified atom stereocenters.